The Hall–Kier alpha value is -0.780. The second-order valence-electron chi connectivity index (χ2n) is 5.79. The molecule has 0 aliphatic heterocycles. The zero-order chi connectivity index (χ0) is 11.1. The van der Waals surface area contributed by atoms with E-state index in [2.05, 4.69) is 33.1 Å². The van der Waals surface area contributed by atoms with E-state index in [4.69, 9.17) is 0 Å². The highest BCUT2D eigenvalue weighted by Gasteiger charge is 2.47. The number of allylic oxidation sites excluding steroid dienone is 4. The van der Waals surface area contributed by atoms with Crippen molar-refractivity contribution in [1.82, 2.24) is 0 Å². The molecule has 1 saturated carbocycles. The Bertz CT molecular complexity index is 317. The number of hydrogen-bond acceptors (Lipinski definition) is 0. The second kappa shape index (κ2) is 3.66. The van der Waals surface area contributed by atoms with Crippen LogP contribution in [-0.2, 0) is 0 Å². The predicted molar refractivity (Wildman–Crippen MR) is 66.6 cm³/mol. The van der Waals surface area contributed by atoms with Gasteiger partial charge >= 0.3 is 0 Å². The maximum Gasteiger partial charge on any atom is -0.0133 e. The number of rotatable bonds is 1. The first-order valence-electron chi connectivity index (χ1n) is 6.04. The van der Waals surface area contributed by atoms with Crippen LogP contribution in [0.1, 0.15) is 39.5 Å². The van der Waals surface area contributed by atoms with Crippen LogP contribution in [0.4, 0.5) is 0 Å². The summed E-state index contributed by atoms with van der Waals surface area (Å²) in [6, 6.07) is 0. The zero-order valence-corrected chi connectivity index (χ0v) is 10.1. The topological polar surface area (TPSA) is 0 Å². The summed E-state index contributed by atoms with van der Waals surface area (Å²) in [5.74, 6) is 1.65. The van der Waals surface area contributed by atoms with Gasteiger partial charge in [-0.1, -0.05) is 50.3 Å². The van der Waals surface area contributed by atoms with Gasteiger partial charge in [-0.05, 0) is 42.9 Å². The summed E-state index contributed by atoms with van der Waals surface area (Å²) in [6.45, 7) is 12.9. The number of fused-ring (bicyclic) bond motifs is 1. The van der Waals surface area contributed by atoms with Crippen LogP contribution < -0.4 is 0 Å². The van der Waals surface area contributed by atoms with E-state index >= 15 is 0 Å². The van der Waals surface area contributed by atoms with Gasteiger partial charge in [0.1, 0.15) is 0 Å². The van der Waals surface area contributed by atoms with Crippen molar-refractivity contribution in [2.45, 2.75) is 39.5 Å². The summed E-state index contributed by atoms with van der Waals surface area (Å²) in [5.41, 5.74) is 3.40. The Morgan fingerprint density at radius 1 is 1.47 bits per heavy atom. The highest BCUT2D eigenvalue weighted by atomic mass is 14.5. The van der Waals surface area contributed by atoms with Crippen LogP contribution in [0.5, 0.6) is 0 Å². The Morgan fingerprint density at radius 3 is 2.80 bits per heavy atom. The van der Waals surface area contributed by atoms with E-state index in [0.29, 0.717) is 5.41 Å². The maximum absolute atomic E-state index is 4.25. The fraction of sp³-hybridized carbons (Fsp3) is 0.600. The summed E-state index contributed by atoms with van der Waals surface area (Å²) >= 11 is 0. The standard InChI is InChI=1S/C15H22/c1-5-12-7-6-11(2)13-10-15(3,4)14(13)9-8-12/h5,7,13-14H,1-2,6,8-10H2,3-4H3/t13-,14-/m1/s1. The van der Waals surface area contributed by atoms with E-state index in [-0.39, 0.29) is 0 Å². The van der Waals surface area contributed by atoms with Gasteiger partial charge in [0, 0.05) is 0 Å². The molecule has 82 valence electrons. The highest BCUT2D eigenvalue weighted by molar-refractivity contribution is 5.24. The SMILES string of the molecule is C=CC1=CCC(=C)[C@H]2CC(C)(C)[C@@H]2CC1. The molecule has 0 aromatic rings. The van der Waals surface area contributed by atoms with Crippen molar-refractivity contribution in [2.75, 3.05) is 0 Å². The average molecular weight is 202 g/mol. The molecule has 0 unspecified atom stereocenters. The first-order valence-corrected chi connectivity index (χ1v) is 6.04. The molecule has 0 aromatic carbocycles. The summed E-state index contributed by atoms with van der Waals surface area (Å²) in [7, 11) is 0. The van der Waals surface area contributed by atoms with Crippen molar-refractivity contribution in [3.63, 3.8) is 0 Å². The molecule has 0 radical (unpaired) electrons. The van der Waals surface area contributed by atoms with Gasteiger partial charge < -0.3 is 0 Å². The molecule has 2 aliphatic carbocycles. The predicted octanol–water partition coefficient (Wildman–Crippen LogP) is 4.50. The van der Waals surface area contributed by atoms with E-state index in [9.17, 15) is 0 Å². The van der Waals surface area contributed by atoms with Crippen LogP contribution in [-0.4, -0.2) is 0 Å². The van der Waals surface area contributed by atoms with Gasteiger partial charge in [0.2, 0.25) is 0 Å². The minimum absolute atomic E-state index is 0.539. The van der Waals surface area contributed by atoms with Crippen LogP contribution in [0.3, 0.4) is 0 Å². The molecule has 2 aliphatic rings. The largest absolute Gasteiger partial charge is 0.0993 e. The minimum Gasteiger partial charge on any atom is -0.0993 e. The molecule has 0 bridgehead atoms. The molecular formula is C15H22. The minimum atomic E-state index is 0.539. The van der Waals surface area contributed by atoms with Crippen molar-refractivity contribution in [3.05, 3.63) is 36.5 Å². The molecule has 0 heterocycles. The third-order valence-electron chi connectivity index (χ3n) is 4.39. The summed E-state index contributed by atoms with van der Waals surface area (Å²) in [4.78, 5) is 0. The Labute approximate surface area is 93.8 Å². The van der Waals surface area contributed by atoms with E-state index in [1.54, 1.807) is 0 Å². The first kappa shape index (κ1) is 10.7. The Kier molecular flexibility index (Phi) is 2.62. The van der Waals surface area contributed by atoms with E-state index < -0.39 is 0 Å². The van der Waals surface area contributed by atoms with Gasteiger partial charge in [0.15, 0.2) is 0 Å². The summed E-state index contributed by atoms with van der Waals surface area (Å²) in [6.07, 6.45) is 9.26. The van der Waals surface area contributed by atoms with Crippen molar-refractivity contribution in [2.24, 2.45) is 17.3 Å². The molecule has 2 rings (SSSR count). The smallest absolute Gasteiger partial charge is 0.0133 e. The van der Waals surface area contributed by atoms with Gasteiger partial charge in [0.05, 0.1) is 0 Å². The molecule has 0 heteroatoms. The molecule has 0 aromatic heterocycles. The van der Waals surface area contributed by atoms with Crippen LogP contribution in [0.2, 0.25) is 0 Å². The first-order chi connectivity index (χ1) is 7.04. The molecule has 2 atom stereocenters. The highest BCUT2D eigenvalue weighted by Crippen LogP contribution is 2.56. The maximum atomic E-state index is 4.25. The molecule has 0 N–H and O–H groups in total. The normalized spacial score (nSPS) is 34.3. The van der Waals surface area contributed by atoms with Crippen LogP contribution in [0, 0.1) is 17.3 Å². The van der Waals surface area contributed by atoms with Gasteiger partial charge in [-0.25, -0.2) is 0 Å². The molecule has 0 spiro atoms. The van der Waals surface area contributed by atoms with Crippen molar-refractivity contribution >= 4 is 0 Å². The second-order valence-corrected chi connectivity index (χ2v) is 5.79. The lowest BCUT2D eigenvalue weighted by Gasteiger charge is -2.53. The molecular weight excluding hydrogens is 180 g/mol. The lowest BCUT2D eigenvalue weighted by molar-refractivity contribution is 0.00329. The lowest BCUT2D eigenvalue weighted by Crippen LogP contribution is -2.44. The van der Waals surface area contributed by atoms with Crippen LogP contribution >= 0.6 is 0 Å². The number of hydrogen-bond donors (Lipinski definition) is 0. The Morgan fingerprint density at radius 2 is 2.20 bits per heavy atom. The van der Waals surface area contributed by atoms with Gasteiger partial charge in [-0.15, -0.1) is 0 Å². The van der Waals surface area contributed by atoms with Gasteiger partial charge in [-0.3, -0.25) is 0 Å². The summed E-state index contributed by atoms with van der Waals surface area (Å²) < 4.78 is 0. The quantitative estimate of drug-likeness (QED) is 0.549. The molecule has 0 saturated heterocycles. The third kappa shape index (κ3) is 1.82. The third-order valence-corrected chi connectivity index (χ3v) is 4.39. The van der Waals surface area contributed by atoms with Gasteiger partial charge in [0.25, 0.3) is 0 Å². The molecule has 0 amide bonds. The van der Waals surface area contributed by atoms with Crippen LogP contribution in [0.15, 0.2) is 36.5 Å². The summed E-state index contributed by atoms with van der Waals surface area (Å²) in [5, 5.41) is 0. The monoisotopic (exact) mass is 202 g/mol. The van der Waals surface area contributed by atoms with Gasteiger partial charge in [-0.2, -0.15) is 0 Å². The molecule has 0 nitrogen and oxygen atoms in total. The fourth-order valence-electron chi connectivity index (χ4n) is 3.29. The van der Waals surface area contributed by atoms with E-state index in [1.807, 2.05) is 6.08 Å². The fourth-order valence-corrected chi connectivity index (χ4v) is 3.29. The van der Waals surface area contributed by atoms with Crippen molar-refractivity contribution < 1.29 is 0 Å². The van der Waals surface area contributed by atoms with E-state index in [0.717, 1.165) is 18.3 Å². The van der Waals surface area contributed by atoms with Crippen molar-refractivity contribution in [3.8, 4) is 0 Å². The molecule has 1 fully saturated rings. The lowest BCUT2D eigenvalue weighted by atomic mass is 9.51. The van der Waals surface area contributed by atoms with Crippen molar-refractivity contribution in [1.29, 1.82) is 0 Å². The van der Waals surface area contributed by atoms with E-state index in [1.165, 1.54) is 30.4 Å². The molecule has 15 heavy (non-hydrogen) atoms. The Balaban J connectivity index is 2.16. The average Bonchev–Trinajstić information content (AvgIpc) is 2.17. The van der Waals surface area contributed by atoms with Crippen LogP contribution in [0.25, 0.3) is 0 Å². The zero-order valence-electron chi connectivity index (χ0n) is 10.1.